The minimum Gasteiger partial charge on any atom is -0.328 e. The molecule has 2 N–H and O–H groups in total. The van der Waals surface area contributed by atoms with Crippen LogP contribution in [0.1, 0.15) is 112 Å². The first-order chi connectivity index (χ1) is 13.3. The Hall–Kier alpha value is -0.0400. The predicted molar refractivity (Wildman–Crippen MR) is 121 cm³/mol. The Kier molecular flexibility index (Phi) is 5.98. The molecule has 4 saturated carbocycles. The lowest BCUT2D eigenvalue weighted by Gasteiger charge is -2.61. The summed E-state index contributed by atoms with van der Waals surface area (Å²) in [6.45, 7) is 12.8. The lowest BCUT2D eigenvalue weighted by molar-refractivity contribution is -0.116. The van der Waals surface area contributed by atoms with Crippen molar-refractivity contribution in [3.63, 3.8) is 0 Å². The Balaban J connectivity index is 1.46. The average molecular weight is 388 g/mol. The minimum absolute atomic E-state index is 0.492. The van der Waals surface area contributed by atoms with Gasteiger partial charge in [-0.15, -0.1) is 0 Å². The molecule has 4 aliphatic rings. The van der Waals surface area contributed by atoms with E-state index in [2.05, 4.69) is 34.6 Å². The van der Waals surface area contributed by atoms with E-state index >= 15 is 0 Å². The van der Waals surface area contributed by atoms with Crippen LogP contribution in [-0.2, 0) is 0 Å². The van der Waals surface area contributed by atoms with E-state index < -0.39 is 0 Å². The van der Waals surface area contributed by atoms with E-state index in [4.69, 9.17) is 5.73 Å². The number of nitrogens with two attached hydrogens (primary N) is 1. The zero-order valence-electron chi connectivity index (χ0n) is 19.7. The van der Waals surface area contributed by atoms with Crippen molar-refractivity contribution in [3.05, 3.63) is 0 Å². The first-order valence-corrected chi connectivity index (χ1v) is 13.0. The van der Waals surface area contributed by atoms with Crippen LogP contribution in [0.15, 0.2) is 0 Å². The zero-order chi connectivity index (χ0) is 20.1. The predicted octanol–water partition coefficient (Wildman–Crippen LogP) is 7.44. The summed E-state index contributed by atoms with van der Waals surface area (Å²) in [7, 11) is 0. The van der Waals surface area contributed by atoms with Crippen LogP contribution < -0.4 is 5.73 Å². The molecular formula is C27H49N. The third-order valence-electron chi connectivity index (χ3n) is 10.9. The molecule has 0 bridgehead atoms. The van der Waals surface area contributed by atoms with Gasteiger partial charge < -0.3 is 5.73 Å². The molecule has 4 rings (SSSR count). The van der Waals surface area contributed by atoms with E-state index in [1.54, 1.807) is 0 Å². The molecule has 4 aliphatic carbocycles. The highest BCUT2D eigenvalue weighted by Gasteiger charge is 2.60. The summed E-state index contributed by atoms with van der Waals surface area (Å²) in [6.07, 6.45) is 17.5. The first kappa shape index (κ1) is 21.2. The van der Waals surface area contributed by atoms with Crippen LogP contribution in [0.5, 0.6) is 0 Å². The van der Waals surface area contributed by atoms with Crippen molar-refractivity contribution in [2.45, 2.75) is 118 Å². The van der Waals surface area contributed by atoms with Gasteiger partial charge in [0.15, 0.2) is 0 Å². The van der Waals surface area contributed by atoms with E-state index in [9.17, 15) is 0 Å². The van der Waals surface area contributed by atoms with Gasteiger partial charge in [0.1, 0.15) is 0 Å². The quantitative estimate of drug-likeness (QED) is 0.521. The molecule has 0 amide bonds. The second kappa shape index (κ2) is 7.90. The van der Waals surface area contributed by atoms with Crippen molar-refractivity contribution in [1.29, 1.82) is 0 Å². The van der Waals surface area contributed by atoms with Gasteiger partial charge in [-0.25, -0.2) is 0 Å². The third kappa shape index (κ3) is 3.50. The maximum atomic E-state index is 6.39. The van der Waals surface area contributed by atoms with E-state index in [-0.39, 0.29) is 0 Å². The van der Waals surface area contributed by atoms with Crippen molar-refractivity contribution in [2.24, 2.45) is 58.0 Å². The highest BCUT2D eigenvalue weighted by molar-refractivity contribution is 5.09. The molecule has 0 aromatic rings. The molecule has 0 heterocycles. The minimum atomic E-state index is 0.492. The molecule has 1 heteroatoms. The van der Waals surface area contributed by atoms with Gasteiger partial charge in [-0.2, -0.15) is 0 Å². The zero-order valence-corrected chi connectivity index (χ0v) is 19.7. The van der Waals surface area contributed by atoms with Gasteiger partial charge in [-0.05, 0) is 110 Å². The molecular weight excluding hydrogens is 338 g/mol. The molecule has 0 aromatic carbocycles. The molecule has 0 aromatic heterocycles. The van der Waals surface area contributed by atoms with Crippen LogP contribution in [0.3, 0.4) is 0 Å². The normalized spacial score (nSPS) is 49.4. The van der Waals surface area contributed by atoms with Crippen molar-refractivity contribution in [2.75, 3.05) is 0 Å². The third-order valence-corrected chi connectivity index (χ3v) is 10.9. The van der Waals surface area contributed by atoms with Gasteiger partial charge in [0.25, 0.3) is 0 Å². The van der Waals surface area contributed by atoms with Crippen LogP contribution in [-0.4, -0.2) is 6.04 Å². The van der Waals surface area contributed by atoms with Gasteiger partial charge in [0.2, 0.25) is 0 Å². The number of hydrogen-bond acceptors (Lipinski definition) is 1. The monoisotopic (exact) mass is 387 g/mol. The van der Waals surface area contributed by atoms with E-state index in [1.165, 1.54) is 77.0 Å². The summed E-state index contributed by atoms with van der Waals surface area (Å²) in [5.41, 5.74) is 7.64. The summed E-state index contributed by atoms with van der Waals surface area (Å²) >= 11 is 0. The summed E-state index contributed by atoms with van der Waals surface area (Å²) in [5, 5.41) is 0. The molecule has 1 nitrogen and oxygen atoms in total. The largest absolute Gasteiger partial charge is 0.328 e. The van der Waals surface area contributed by atoms with Crippen LogP contribution >= 0.6 is 0 Å². The van der Waals surface area contributed by atoms with Gasteiger partial charge in [0.05, 0.1) is 0 Å². The summed E-state index contributed by atoms with van der Waals surface area (Å²) < 4.78 is 0. The van der Waals surface area contributed by atoms with Gasteiger partial charge in [0, 0.05) is 6.04 Å². The molecule has 162 valence electrons. The van der Waals surface area contributed by atoms with Gasteiger partial charge >= 0.3 is 0 Å². The van der Waals surface area contributed by atoms with Crippen LogP contribution in [0, 0.1) is 52.3 Å². The maximum Gasteiger partial charge on any atom is 0.00418 e. The van der Waals surface area contributed by atoms with Crippen LogP contribution in [0.2, 0.25) is 0 Å². The fraction of sp³-hybridized carbons (Fsp3) is 1.00. The standard InChI is InChI=1S/C27H49N/c1-18(2)7-6-8-19(3)23-11-12-24-22-10-9-20-17-21(28)13-15-26(20,4)25(22)14-16-27(23,24)5/h18-25H,6-17,28H2,1-5H3/t19-,20+,21-,22+,23-,24-,25-,26-,27+/m1/s1. The maximum absolute atomic E-state index is 6.39. The van der Waals surface area contributed by atoms with Crippen molar-refractivity contribution < 1.29 is 0 Å². The fourth-order valence-corrected chi connectivity index (χ4v) is 9.32. The van der Waals surface area contributed by atoms with Crippen molar-refractivity contribution in [3.8, 4) is 0 Å². The van der Waals surface area contributed by atoms with E-state index in [1.807, 2.05) is 0 Å². The fourth-order valence-electron chi connectivity index (χ4n) is 9.32. The van der Waals surface area contributed by atoms with Gasteiger partial charge in [-0.3, -0.25) is 0 Å². The number of fused-ring (bicyclic) bond motifs is 5. The first-order valence-electron chi connectivity index (χ1n) is 13.0. The Labute approximate surface area is 176 Å². The molecule has 28 heavy (non-hydrogen) atoms. The average Bonchev–Trinajstić information content (AvgIpc) is 2.99. The Bertz CT molecular complexity index is 540. The van der Waals surface area contributed by atoms with E-state index in [0.29, 0.717) is 16.9 Å². The van der Waals surface area contributed by atoms with E-state index in [0.717, 1.165) is 41.4 Å². The summed E-state index contributed by atoms with van der Waals surface area (Å²) in [5.74, 6) is 6.79. The van der Waals surface area contributed by atoms with Crippen molar-refractivity contribution >= 4 is 0 Å². The summed E-state index contributed by atoms with van der Waals surface area (Å²) in [6, 6.07) is 0.492. The molecule has 9 atom stereocenters. The molecule has 0 unspecified atom stereocenters. The Morgan fingerprint density at radius 1 is 0.821 bits per heavy atom. The van der Waals surface area contributed by atoms with Crippen molar-refractivity contribution in [1.82, 2.24) is 0 Å². The SMILES string of the molecule is CC(C)CCC[C@@H](C)[C@H]1CC[C@@H]2[C@@H]3CC[C@H]4C[C@H](N)CC[C@@]4(C)[C@@H]3CC[C@]21C. The highest BCUT2D eigenvalue weighted by Crippen LogP contribution is 2.68. The number of rotatable bonds is 5. The van der Waals surface area contributed by atoms with Gasteiger partial charge in [-0.1, -0.05) is 53.9 Å². The molecule has 0 spiro atoms. The van der Waals surface area contributed by atoms with Crippen LogP contribution in [0.25, 0.3) is 0 Å². The summed E-state index contributed by atoms with van der Waals surface area (Å²) in [4.78, 5) is 0. The Morgan fingerprint density at radius 2 is 1.54 bits per heavy atom. The lowest BCUT2D eigenvalue weighted by Crippen LogP contribution is -2.54. The molecule has 0 saturated heterocycles. The Morgan fingerprint density at radius 3 is 2.29 bits per heavy atom. The van der Waals surface area contributed by atoms with Crippen LogP contribution in [0.4, 0.5) is 0 Å². The smallest absolute Gasteiger partial charge is 0.00418 e. The lowest BCUT2D eigenvalue weighted by atomic mass is 9.44. The number of hydrogen-bond donors (Lipinski definition) is 1. The topological polar surface area (TPSA) is 26.0 Å². The highest BCUT2D eigenvalue weighted by atomic mass is 14.7. The second-order valence-corrected chi connectivity index (χ2v) is 12.7. The molecule has 4 fully saturated rings. The second-order valence-electron chi connectivity index (χ2n) is 12.7. The molecule has 0 radical (unpaired) electrons. The molecule has 0 aliphatic heterocycles.